The van der Waals surface area contributed by atoms with Gasteiger partial charge >= 0.3 is 0 Å². The zero-order valence-corrected chi connectivity index (χ0v) is 13.5. The van der Waals surface area contributed by atoms with E-state index in [0.29, 0.717) is 0 Å². The number of hydrogen-bond donors (Lipinski definition) is 1. The monoisotopic (exact) mass is 303 g/mol. The molecule has 1 N–H and O–H groups in total. The number of rotatable bonds is 6. The smallest absolute Gasteiger partial charge is 0.120 e. The zero-order valence-electron chi connectivity index (χ0n) is 12.8. The fourth-order valence-corrected chi connectivity index (χ4v) is 2.36. The van der Waals surface area contributed by atoms with Crippen LogP contribution < -0.4 is 10.1 Å². The zero-order chi connectivity index (χ0) is 15.2. The van der Waals surface area contributed by atoms with E-state index in [0.717, 1.165) is 17.3 Å². The van der Waals surface area contributed by atoms with Gasteiger partial charge in [-0.05, 0) is 56.2 Å². The van der Waals surface area contributed by atoms with Gasteiger partial charge in [0.05, 0.1) is 6.10 Å². The van der Waals surface area contributed by atoms with Crippen molar-refractivity contribution in [1.82, 2.24) is 5.32 Å². The molecule has 1 atom stereocenters. The lowest BCUT2D eigenvalue weighted by molar-refractivity contribution is 0.242. The van der Waals surface area contributed by atoms with Gasteiger partial charge < -0.3 is 10.1 Å². The molecule has 0 radical (unpaired) electrons. The SMILES string of the molecule is CC(C)Oc1cccc(CNC(C)c2cccc(Cl)c2)c1. The normalized spacial score (nSPS) is 12.4. The first-order chi connectivity index (χ1) is 10.0. The Hall–Kier alpha value is -1.51. The van der Waals surface area contributed by atoms with Crippen LogP contribution >= 0.6 is 11.6 Å². The highest BCUT2D eigenvalue weighted by molar-refractivity contribution is 6.30. The van der Waals surface area contributed by atoms with Crippen LogP contribution in [0.4, 0.5) is 0 Å². The van der Waals surface area contributed by atoms with E-state index in [4.69, 9.17) is 16.3 Å². The average Bonchev–Trinajstić information content (AvgIpc) is 2.44. The summed E-state index contributed by atoms with van der Waals surface area (Å²) >= 11 is 6.03. The van der Waals surface area contributed by atoms with Gasteiger partial charge in [-0.2, -0.15) is 0 Å². The second-order valence-electron chi connectivity index (χ2n) is 5.47. The molecular formula is C18H22ClNO. The van der Waals surface area contributed by atoms with Gasteiger partial charge in [0, 0.05) is 17.6 Å². The molecule has 0 saturated carbocycles. The number of nitrogens with one attached hydrogen (secondary N) is 1. The van der Waals surface area contributed by atoms with Gasteiger partial charge in [0.2, 0.25) is 0 Å². The molecule has 21 heavy (non-hydrogen) atoms. The van der Waals surface area contributed by atoms with Crippen molar-refractivity contribution >= 4 is 11.6 Å². The molecule has 0 aliphatic rings. The van der Waals surface area contributed by atoms with Gasteiger partial charge in [-0.1, -0.05) is 35.9 Å². The van der Waals surface area contributed by atoms with Crippen LogP contribution in [-0.4, -0.2) is 6.10 Å². The van der Waals surface area contributed by atoms with Crippen LogP contribution in [0.25, 0.3) is 0 Å². The summed E-state index contributed by atoms with van der Waals surface area (Å²) in [5, 5.41) is 4.28. The number of ether oxygens (including phenoxy) is 1. The number of benzene rings is 2. The van der Waals surface area contributed by atoms with Crippen molar-refractivity contribution in [1.29, 1.82) is 0 Å². The Bertz CT molecular complexity index is 583. The first-order valence-electron chi connectivity index (χ1n) is 7.29. The predicted molar refractivity (Wildman–Crippen MR) is 88.9 cm³/mol. The summed E-state index contributed by atoms with van der Waals surface area (Å²) in [5.74, 6) is 0.916. The molecular weight excluding hydrogens is 282 g/mol. The second kappa shape index (κ2) is 7.48. The van der Waals surface area contributed by atoms with Crippen LogP contribution in [-0.2, 0) is 6.54 Å². The Balaban J connectivity index is 1.96. The maximum Gasteiger partial charge on any atom is 0.120 e. The van der Waals surface area contributed by atoms with Gasteiger partial charge in [-0.3, -0.25) is 0 Å². The fraction of sp³-hybridized carbons (Fsp3) is 0.333. The number of halogens is 1. The highest BCUT2D eigenvalue weighted by Crippen LogP contribution is 2.19. The summed E-state index contributed by atoms with van der Waals surface area (Å²) in [6.45, 7) is 7.00. The Morgan fingerprint density at radius 1 is 1.05 bits per heavy atom. The van der Waals surface area contributed by atoms with Gasteiger partial charge in [0.15, 0.2) is 0 Å². The molecule has 2 nitrogen and oxygen atoms in total. The molecule has 0 aromatic heterocycles. The summed E-state index contributed by atoms with van der Waals surface area (Å²) < 4.78 is 5.72. The lowest BCUT2D eigenvalue weighted by Gasteiger charge is -2.15. The summed E-state index contributed by atoms with van der Waals surface area (Å²) in [6, 6.07) is 16.4. The lowest BCUT2D eigenvalue weighted by Crippen LogP contribution is -2.18. The Labute approximate surface area is 132 Å². The largest absolute Gasteiger partial charge is 0.491 e. The standard InChI is InChI=1S/C18H22ClNO/c1-13(2)21-18-9-4-6-15(10-18)12-20-14(3)16-7-5-8-17(19)11-16/h4-11,13-14,20H,12H2,1-3H3. The van der Waals surface area contributed by atoms with Crippen LogP contribution in [0.1, 0.15) is 37.9 Å². The molecule has 0 bridgehead atoms. The van der Waals surface area contributed by atoms with Crippen LogP contribution in [0.15, 0.2) is 48.5 Å². The first-order valence-corrected chi connectivity index (χ1v) is 7.67. The van der Waals surface area contributed by atoms with Crippen molar-refractivity contribution in [3.05, 3.63) is 64.7 Å². The van der Waals surface area contributed by atoms with Crippen molar-refractivity contribution in [2.75, 3.05) is 0 Å². The van der Waals surface area contributed by atoms with E-state index in [-0.39, 0.29) is 12.1 Å². The van der Waals surface area contributed by atoms with Gasteiger partial charge in [0.25, 0.3) is 0 Å². The third kappa shape index (κ3) is 5.07. The van der Waals surface area contributed by atoms with Gasteiger partial charge in [0.1, 0.15) is 5.75 Å². The molecule has 0 aliphatic heterocycles. The third-order valence-electron chi connectivity index (χ3n) is 3.23. The van der Waals surface area contributed by atoms with Crippen molar-refractivity contribution < 1.29 is 4.74 Å². The molecule has 112 valence electrons. The van der Waals surface area contributed by atoms with E-state index < -0.39 is 0 Å². The van der Waals surface area contributed by atoms with Crippen molar-refractivity contribution in [3.63, 3.8) is 0 Å². The maximum absolute atomic E-state index is 6.03. The maximum atomic E-state index is 6.03. The summed E-state index contributed by atoms with van der Waals surface area (Å²) in [6.07, 6.45) is 0.193. The van der Waals surface area contributed by atoms with Crippen LogP contribution in [0.3, 0.4) is 0 Å². The molecule has 0 amide bonds. The van der Waals surface area contributed by atoms with Gasteiger partial charge in [-0.15, -0.1) is 0 Å². The summed E-state index contributed by atoms with van der Waals surface area (Å²) in [4.78, 5) is 0. The number of hydrogen-bond acceptors (Lipinski definition) is 2. The summed E-state index contributed by atoms with van der Waals surface area (Å²) in [5.41, 5.74) is 2.40. The molecule has 0 heterocycles. The molecule has 1 unspecified atom stereocenters. The second-order valence-corrected chi connectivity index (χ2v) is 5.91. The quantitative estimate of drug-likeness (QED) is 0.813. The molecule has 2 aromatic rings. The Kier molecular flexibility index (Phi) is 5.66. The molecule has 0 saturated heterocycles. The molecule has 2 rings (SSSR count). The first kappa shape index (κ1) is 15.9. The van der Waals surface area contributed by atoms with Crippen LogP contribution in [0.2, 0.25) is 5.02 Å². The van der Waals surface area contributed by atoms with Crippen LogP contribution in [0.5, 0.6) is 5.75 Å². The summed E-state index contributed by atoms with van der Waals surface area (Å²) in [7, 11) is 0. The van der Waals surface area contributed by atoms with E-state index in [9.17, 15) is 0 Å². The van der Waals surface area contributed by atoms with E-state index in [1.165, 1.54) is 11.1 Å². The Morgan fingerprint density at radius 2 is 1.81 bits per heavy atom. The van der Waals surface area contributed by atoms with E-state index in [1.54, 1.807) is 0 Å². The highest BCUT2D eigenvalue weighted by atomic mass is 35.5. The van der Waals surface area contributed by atoms with E-state index >= 15 is 0 Å². The minimum atomic E-state index is 0.193. The molecule has 0 spiro atoms. The van der Waals surface area contributed by atoms with E-state index in [1.807, 2.05) is 44.2 Å². The molecule has 0 aliphatic carbocycles. The minimum Gasteiger partial charge on any atom is -0.491 e. The topological polar surface area (TPSA) is 21.3 Å². The van der Waals surface area contributed by atoms with Crippen LogP contribution in [0, 0.1) is 0 Å². The highest BCUT2D eigenvalue weighted by Gasteiger charge is 2.06. The molecule has 3 heteroatoms. The predicted octanol–water partition coefficient (Wildman–Crippen LogP) is 4.98. The third-order valence-corrected chi connectivity index (χ3v) is 3.47. The fourth-order valence-electron chi connectivity index (χ4n) is 2.17. The van der Waals surface area contributed by atoms with E-state index in [2.05, 4.69) is 30.4 Å². The Morgan fingerprint density at radius 3 is 2.52 bits per heavy atom. The molecule has 2 aromatic carbocycles. The van der Waals surface area contributed by atoms with Crippen molar-refractivity contribution in [3.8, 4) is 5.75 Å². The van der Waals surface area contributed by atoms with Crippen molar-refractivity contribution in [2.24, 2.45) is 0 Å². The lowest BCUT2D eigenvalue weighted by atomic mass is 10.1. The molecule has 0 fully saturated rings. The average molecular weight is 304 g/mol. The minimum absolute atomic E-state index is 0.193. The van der Waals surface area contributed by atoms with Gasteiger partial charge in [-0.25, -0.2) is 0 Å². The van der Waals surface area contributed by atoms with Crippen molar-refractivity contribution in [2.45, 2.75) is 39.5 Å².